The molecule has 0 aliphatic carbocycles. The number of benzene rings is 1. The van der Waals surface area contributed by atoms with Gasteiger partial charge in [0.05, 0.1) is 5.56 Å². The van der Waals surface area contributed by atoms with Crippen molar-refractivity contribution >= 4 is 28.6 Å². The molecule has 0 saturated heterocycles. The Kier molecular flexibility index (Phi) is 5.43. The quantitative estimate of drug-likeness (QED) is 0.686. The van der Waals surface area contributed by atoms with Gasteiger partial charge in [-0.1, -0.05) is 0 Å². The number of carbonyl (C=O) groups excluding carboxylic acids is 1. The minimum atomic E-state index is -0.327. The van der Waals surface area contributed by atoms with Crippen molar-refractivity contribution in [3.05, 3.63) is 35.8 Å². The summed E-state index contributed by atoms with van der Waals surface area (Å²) in [7, 11) is 0. The van der Waals surface area contributed by atoms with Gasteiger partial charge >= 0.3 is 0 Å². The van der Waals surface area contributed by atoms with Crippen LogP contribution in [-0.2, 0) is 0 Å². The van der Waals surface area contributed by atoms with Gasteiger partial charge in [-0.2, -0.15) is 11.8 Å². The Labute approximate surface area is 120 Å². The predicted octanol–water partition coefficient (Wildman–Crippen LogP) is 2.15. The minimum absolute atomic E-state index is 0.161. The predicted molar refractivity (Wildman–Crippen MR) is 79.6 cm³/mol. The highest BCUT2D eigenvalue weighted by atomic mass is 32.2. The lowest BCUT2D eigenvalue weighted by atomic mass is 10.1. The van der Waals surface area contributed by atoms with Crippen LogP contribution < -0.4 is 5.32 Å². The van der Waals surface area contributed by atoms with Crippen molar-refractivity contribution in [3.63, 3.8) is 0 Å². The van der Waals surface area contributed by atoms with Gasteiger partial charge < -0.3 is 15.4 Å². The number of rotatable bonds is 7. The van der Waals surface area contributed by atoms with Gasteiger partial charge in [0.25, 0.3) is 5.91 Å². The largest absolute Gasteiger partial charge is 0.396 e. The fraction of sp³-hybridized carbons (Fsp3) is 0.357. The van der Waals surface area contributed by atoms with Gasteiger partial charge in [-0.25, -0.2) is 4.39 Å². The molecule has 1 aromatic carbocycles. The van der Waals surface area contributed by atoms with Crippen LogP contribution in [0.2, 0.25) is 0 Å². The van der Waals surface area contributed by atoms with Gasteiger partial charge in [0.2, 0.25) is 0 Å². The summed E-state index contributed by atoms with van der Waals surface area (Å²) in [5.41, 5.74) is 1.15. The number of hydrogen-bond donors (Lipinski definition) is 3. The molecule has 0 fully saturated rings. The first-order chi connectivity index (χ1) is 9.72. The van der Waals surface area contributed by atoms with Crippen LogP contribution in [-0.4, -0.2) is 40.7 Å². The van der Waals surface area contributed by atoms with Crippen molar-refractivity contribution in [1.29, 1.82) is 0 Å². The number of aromatic nitrogens is 1. The molecule has 0 unspecified atom stereocenters. The average Bonchev–Trinajstić information content (AvgIpc) is 2.85. The molecule has 20 heavy (non-hydrogen) atoms. The number of amides is 1. The highest BCUT2D eigenvalue weighted by Gasteiger charge is 2.11. The van der Waals surface area contributed by atoms with Crippen LogP contribution in [0.4, 0.5) is 4.39 Å². The highest BCUT2D eigenvalue weighted by Crippen LogP contribution is 2.19. The van der Waals surface area contributed by atoms with Gasteiger partial charge in [-0.15, -0.1) is 0 Å². The monoisotopic (exact) mass is 296 g/mol. The minimum Gasteiger partial charge on any atom is -0.396 e. The Morgan fingerprint density at radius 1 is 1.40 bits per heavy atom. The lowest BCUT2D eigenvalue weighted by molar-refractivity contribution is 0.0958. The molecule has 0 bridgehead atoms. The molecule has 0 radical (unpaired) electrons. The van der Waals surface area contributed by atoms with Gasteiger partial charge in [0, 0.05) is 36.0 Å². The van der Waals surface area contributed by atoms with Gasteiger partial charge in [0.1, 0.15) is 5.82 Å². The van der Waals surface area contributed by atoms with Gasteiger partial charge in [0.15, 0.2) is 0 Å². The summed E-state index contributed by atoms with van der Waals surface area (Å²) < 4.78 is 13.1. The van der Waals surface area contributed by atoms with Crippen molar-refractivity contribution in [2.45, 2.75) is 6.42 Å². The first kappa shape index (κ1) is 14.9. The third-order valence-corrected chi connectivity index (χ3v) is 3.94. The second-order valence-corrected chi connectivity index (χ2v) is 5.56. The summed E-state index contributed by atoms with van der Waals surface area (Å²) in [5, 5.41) is 12.2. The SMILES string of the molecule is O=C(NCCSCCCO)c1c[nH]c2cc(F)ccc12. The van der Waals surface area contributed by atoms with Crippen molar-refractivity contribution in [1.82, 2.24) is 10.3 Å². The van der Waals surface area contributed by atoms with E-state index in [-0.39, 0.29) is 18.3 Å². The van der Waals surface area contributed by atoms with E-state index < -0.39 is 0 Å². The number of aromatic amines is 1. The van der Waals surface area contributed by atoms with Crippen molar-refractivity contribution in [2.75, 3.05) is 24.7 Å². The lowest BCUT2D eigenvalue weighted by Gasteiger charge is -2.04. The second-order valence-electron chi connectivity index (χ2n) is 4.34. The zero-order valence-corrected chi connectivity index (χ0v) is 11.8. The third-order valence-electron chi connectivity index (χ3n) is 2.87. The Hall–Kier alpha value is -1.53. The molecular formula is C14H17FN2O2S. The number of fused-ring (bicyclic) bond motifs is 1. The Morgan fingerprint density at radius 3 is 3.05 bits per heavy atom. The summed E-state index contributed by atoms with van der Waals surface area (Å²) in [5.74, 6) is 1.21. The molecule has 0 aliphatic heterocycles. The Morgan fingerprint density at radius 2 is 2.25 bits per heavy atom. The van der Waals surface area contributed by atoms with Crippen LogP contribution in [0.25, 0.3) is 10.9 Å². The number of carbonyl (C=O) groups is 1. The number of H-pyrrole nitrogens is 1. The molecule has 3 N–H and O–H groups in total. The van der Waals surface area contributed by atoms with Crippen LogP contribution in [0.5, 0.6) is 0 Å². The lowest BCUT2D eigenvalue weighted by Crippen LogP contribution is -2.25. The topological polar surface area (TPSA) is 65.1 Å². The van der Waals surface area contributed by atoms with Crippen LogP contribution in [0.1, 0.15) is 16.8 Å². The maximum absolute atomic E-state index is 13.1. The Bertz CT molecular complexity index is 586. The van der Waals surface area contributed by atoms with Crippen molar-refractivity contribution in [2.24, 2.45) is 0 Å². The van der Waals surface area contributed by atoms with E-state index >= 15 is 0 Å². The molecule has 4 nitrogen and oxygen atoms in total. The van der Waals surface area contributed by atoms with Crippen LogP contribution in [0.15, 0.2) is 24.4 Å². The van der Waals surface area contributed by atoms with E-state index in [1.807, 2.05) is 0 Å². The van der Waals surface area contributed by atoms with E-state index in [0.29, 0.717) is 17.6 Å². The van der Waals surface area contributed by atoms with Gasteiger partial charge in [-0.3, -0.25) is 4.79 Å². The Balaban J connectivity index is 1.88. The van der Waals surface area contributed by atoms with E-state index in [1.54, 1.807) is 24.0 Å². The number of nitrogens with one attached hydrogen (secondary N) is 2. The molecule has 1 aromatic heterocycles. The molecule has 6 heteroatoms. The average molecular weight is 296 g/mol. The number of halogens is 1. The van der Waals surface area contributed by atoms with Gasteiger partial charge in [-0.05, 0) is 30.4 Å². The first-order valence-corrected chi connectivity index (χ1v) is 7.61. The molecule has 0 atom stereocenters. The van der Waals surface area contributed by atoms with Crippen LogP contribution in [0.3, 0.4) is 0 Å². The molecule has 0 saturated carbocycles. The third kappa shape index (κ3) is 3.74. The fourth-order valence-electron chi connectivity index (χ4n) is 1.89. The number of hydrogen-bond acceptors (Lipinski definition) is 3. The zero-order chi connectivity index (χ0) is 14.4. The number of aliphatic hydroxyl groups excluding tert-OH is 1. The maximum Gasteiger partial charge on any atom is 0.253 e. The van der Waals surface area contributed by atoms with Crippen LogP contribution >= 0.6 is 11.8 Å². The molecule has 1 heterocycles. The maximum atomic E-state index is 13.1. The molecule has 108 valence electrons. The van der Waals surface area contributed by atoms with Crippen molar-refractivity contribution < 1.29 is 14.3 Å². The summed E-state index contributed by atoms with van der Waals surface area (Å²) in [6.07, 6.45) is 2.37. The summed E-state index contributed by atoms with van der Waals surface area (Å²) in [4.78, 5) is 14.9. The standard InChI is InChI=1S/C14H17FN2O2S/c15-10-2-3-11-12(9-17-13(11)8-10)14(19)16-4-7-20-6-1-5-18/h2-3,8-9,17-18H,1,4-7H2,(H,16,19). The van der Waals surface area contributed by atoms with E-state index in [2.05, 4.69) is 10.3 Å². The van der Waals surface area contributed by atoms with E-state index in [4.69, 9.17) is 5.11 Å². The molecule has 2 rings (SSSR count). The molecule has 2 aromatic rings. The molecule has 0 spiro atoms. The first-order valence-electron chi connectivity index (χ1n) is 6.46. The highest BCUT2D eigenvalue weighted by molar-refractivity contribution is 7.99. The van der Waals surface area contributed by atoms with E-state index in [0.717, 1.165) is 23.3 Å². The van der Waals surface area contributed by atoms with Crippen molar-refractivity contribution in [3.8, 4) is 0 Å². The molecule has 1 amide bonds. The number of thioether (sulfide) groups is 1. The molecular weight excluding hydrogens is 279 g/mol. The summed E-state index contributed by atoms with van der Waals surface area (Å²) >= 11 is 1.69. The smallest absolute Gasteiger partial charge is 0.253 e. The van der Waals surface area contributed by atoms with E-state index in [1.165, 1.54) is 12.1 Å². The van der Waals surface area contributed by atoms with Crippen LogP contribution in [0, 0.1) is 5.82 Å². The second kappa shape index (κ2) is 7.31. The molecule has 0 aliphatic rings. The van der Waals surface area contributed by atoms with E-state index in [9.17, 15) is 9.18 Å². The number of aliphatic hydroxyl groups is 1. The summed E-state index contributed by atoms with van der Waals surface area (Å²) in [6, 6.07) is 4.32. The normalized spacial score (nSPS) is 10.9. The fourth-order valence-corrected chi connectivity index (χ4v) is 2.67. The summed E-state index contributed by atoms with van der Waals surface area (Å²) in [6.45, 7) is 0.772. The zero-order valence-electron chi connectivity index (χ0n) is 11.0.